The third-order valence-electron chi connectivity index (χ3n) is 5.94. The number of benzene rings is 3. The molecule has 0 radical (unpaired) electrons. The van der Waals surface area contributed by atoms with Crippen molar-refractivity contribution in [2.75, 3.05) is 0 Å². The van der Waals surface area contributed by atoms with Gasteiger partial charge in [-0.25, -0.2) is 0 Å². The summed E-state index contributed by atoms with van der Waals surface area (Å²) in [6, 6.07) is 22.8. The number of fused-ring (bicyclic) bond motifs is 1. The summed E-state index contributed by atoms with van der Waals surface area (Å²) < 4.78 is 0. The molecule has 1 spiro atoms. The Bertz CT molecular complexity index is 1100. The molecule has 0 bridgehead atoms. The van der Waals surface area contributed by atoms with Gasteiger partial charge in [0.1, 0.15) is 5.41 Å². The summed E-state index contributed by atoms with van der Waals surface area (Å²) in [5, 5.41) is 0.530. The molecule has 4 heteroatoms. The van der Waals surface area contributed by atoms with Gasteiger partial charge in [-0.3, -0.25) is 14.4 Å². The number of halogens is 1. The molecule has 0 aromatic heterocycles. The Hall–Kier alpha value is -3.04. The highest BCUT2D eigenvalue weighted by molar-refractivity contribution is 6.35. The minimum absolute atomic E-state index is 0.194. The van der Waals surface area contributed by atoms with Crippen LogP contribution in [0.1, 0.15) is 42.6 Å². The van der Waals surface area contributed by atoms with Gasteiger partial charge < -0.3 is 0 Å². The predicted molar refractivity (Wildman–Crippen MR) is 106 cm³/mol. The van der Waals surface area contributed by atoms with E-state index in [4.69, 9.17) is 11.6 Å². The lowest BCUT2D eigenvalue weighted by Gasteiger charge is -2.07. The molecular formula is C24H15ClO3. The third-order valence-corrected chi connectivity index (χ3v) is 6.19. The van der Waals surface area contributed by atoms with Gasteiger partial charge in [0.2, 0.25) is 0 Å². The minimum Gasteiger partial charge on any atom is -0.294 e. The zero-order valence-corrected chi connectivity index (χ0v) is 15.5. The van der Waals surface area contributed by atoms with E-state index in [1.54, 1.807) is 48.5 Å². The van der Waals surface area contributed by atoms with Crippen LogP contribution in [0.4, 0.5) is 0 Å². The lowest BCUT2D eigenvalue weighted by Crippen LogP contribution is -2.23. The zero-order chi connectivity index (χ0) is 19.5. The number of ketones is 3. The van der Waals surface area contributed by atoms with Crippen molar-refractivity contribution in [1.29, 1.82) is 0 Å². The Labute approximate surface area is 167 Å². The molecule has 1 saturated carbocycles. The summed E-state index contributed by atoms with van der Waals surface area (Å²) in [6.07, 6.45) is 0. The molecule has 2 atom stereocenters. The maximum Gasteiger partial charge on any atom is 0.178 e. The summed E-state index contributed by atoms with van der Waals surface area (Å²) >= 11 is 5.94. The second-order valence-electron chi connectivity index (χ2n) is 7.31. The minimum atomic E-state index is -1.33. The zero-order valence-electron chi connectivity index (χ0n) is 14.8. The topological polar surface area (TPSA) is 51.2 Å². The van der Waals surface area contributed by atoms with Crippen LogP contribution >= 0.6 is 11.6 Å². The van der Waals surface area contributed by atoms with Gasteiger partial charge >= 0.3 is 0 Å². The van der Waals surface area contributed by atoms with E-state index < -0.39 is 17.3 Å². The molecule has 3 aromatic rings. The van der Waals surface area contributed by atoms with Gasteiger partial charge in [0.25, 0.3) is 0 Å². The summed E-state index contributed by atoms with van der Waals surface area (Å²) in [5.41, 5.74) is 0.801. The van der Waals surface area contributed by atoms with Crippen molar-refractivity contribution in [3.05, 3.63) is 106 Å². The van der Waals surface area contributed by atoms with E-state index in [0.717, 1.165) is 5.56 Å². The fraction of sp³-hybridized carbons (Fsp3) is 0.125. The average molecular weight is 387 g/mol. The Morgan fingerprint density at radius 3 is 1.86 bits per heavy atom. The van der Waals surface area contributed by atoms with E-state index in [2.05, 4.69) is 0 Å². The number of carbonyl (C=O) groups excluding carboxylic acids is 3. The molecule has 0 unspecified atom stereocenters. The standard InChI is InChI=1S/C24H15ClO3/c25-16-12-10-15(11-13-16)21(26)20-19(14-6-2-1-3-7-14)24(20)22(27)17-8-4-5-9-18(17)23(24)28/h1-13,19-20H/t19-,20+/m1/s1. The normalized spacial score (nSPS) is 21.6. The van der Waals surface area contributed by atoms with Gasteiger partial charge in [0, 0.05) is 27.6 Å². The number of carbonyl (C=O) groups is 3. The highest BCUT2D eigenvalue weighted by Gasteiger charge is 2.78. The van der Waals surface area contributed by atoms with Crippen LogP contribution in [0.25, 0.3) is 0 Å². The number of Topliss-reactive ketones (excluding diaryl/α,β-unsaturated/α-hetero) is 3. The van der Waals surface area contributed by atoms with Crippen LogP contribution in [0.3, 0.4) is 0 Å². The Balaban J connectivity index is 1.65. The summed E-state index contributed by atoms with van der Waals surface area (Å²) in [5.74, 6) is -1.84. The summed E-state index contributed by atoms with van der Waals surface area (Å²) in [6.45, 7) is 0. The van der Waals surface area contributed by atoms with Crippen molar-refractivity contribution in [3.63, 3.8) is 0 Å². The largest absolute Gasteiger partial charge is 0.294 e. The van der Waals surface area contributed by atoms with Gasteiger partial charge in [-0.15, -0.1) is 0 Å². The van der Waals surface area contributed by atoms with Crippen LogP contribution in [0, 0.1) is 11.3 Å². The fourth-order valence-electron chi connectivity index (χ4n) is 4.65. The first-order valence-corrected chi connectivity index (χ1v) is 9.48. The first-order valence-electron chi connectivity index (χ1n) is 9.10. The van der Waals surface area contributed by atoms with E-state index in [-0.39, 0.29) is 17.3 Å². The van der Waals surface area contributed by atoms with Gasteiger partial charge in [-0.1, -0.05) is 66.2 Å². The molecule has 1 fully saturated rings. The lowest BCUT2D eigenvalue weighted by atomic mass is 9.91. The molecule has 2 aliphatic carbocycles. The molecule has 5 rings (SSSR count). The van der Waals surface area contributed by atoms with Crippen molar-refractivity contribution < 1.29 is 14.4 Å². The number of hydrogen-bond donors (Lipinski definition) is 0. The van der Waals surface area contributed by atoms with Crippen LogP contribution in [0.2, 0.25) is 5.02 Å². The van der Waals surface area contributed by atoms with Crippen molar-refractivity contribution in [3.8, 4) is 0 Å². The Kier molecular flexibility index (Phi) is 3.65. The molecule has 28 heavy (non-hydrogen) atoms. The van der Waals surface area contributed by atoms with E-state index >= 15 is 0 Å². The van der Waals surface area contributed by atoms with Crippen LogP contribution in [0.15, 0.2) is 78.9 Å². The van der Waals surface area contributed by atoms with Crippen molar-refractivity contribution >= 4 is 29.0 Å². The van der Waals surface area contributed by atoms with Crippen LogP contribution in [-0.2, 0) is 0 Å². The van der Waals surface area contributed by atoms with Crippen molar-refractivity contribution in [1.82, 2.24) is 0 Å². The maximum absolute atomic E-state index is 13.4. The second kappa shape index (κ2) is 5.98. The van der Waals surface area contributed by atoms with Gasteiger partial charge in [-0.05, 0) is 29.8 Å². The molecule has 0 saturated heterocycles. The number of rotatable bonds is 3. The molecule has 3 aromatic carbocycles. The van der Waals surface area contributed by atoms with Crippen LogP contribution in [-0.4, -0.2) is 17.3 Å². The van der Waals surface area contributed by atoms with Gasteiger partial charge in [0.15, 0.2) is 17.3 Å². The lowest BCUT2D eigenvalue weighted by molar-refractivity contribution is 0.0764. The van der Waals surface area contributed by atoms with Crippen LogP contribution < -0.4 is 0 Å². The molecule has 0 aliphatic heterocycles. The number of hydrogen-bond acceptors (Lipinski definition) is 3. The molecule has 136 valence electrons. The van der Waals surface area contributed by atoms with Crippen molar-refractivity contribution in [2.45, 2.75) is 5.92 Å². The molecule has 2 aliphatic rings. The molecule has 0 N–H and O–H groups in total. The van der Waals surface area contributed by atoms with E-state index in [0.29, 0.717) is 21.7 Å². The predicted octanol–water partition coefficient (Wildman–Crippen LogP) is 5.00. The SMILES string of the molecule is O=C(c1ccc(Cl)cc1)[C@@H]1[C@@H](c2ccccc2)C12C(=O)c1ccccc1C2=O. The molecule has 0 amide bonds. The highest BCUT2D eigenvalue weighted by atomic mass is 35.5. The average Bonchev–Trinajstić information content (AvgIpc) is 3.39. The first kappa shape index (κ1) is 17.1. The summed E-state index contributed by atoms with van der Waals surface area (Å²) in [4.78, 5) is 40.1. The van der Waals surface area contributed by atoms with E-state index in [1.807, 2.05) is 30.3 Å². The summed E-state index contributed by atoms with van der Waals surface area (Å²) in [7, 11) is 0. The molecule has 3 nitrogen and oxygen atoms in total. The Morgan fingerprint density at radius 1 is 0.750 bits per heavy atom. The maximum atomic E-state index is 13.4. The molecular weight excluding hydrogens is 372 g/mol. The Morgan fingerprint density at radius 2 is 1.29 bits per heavy atom. The van der Waals surface area contributed by atoms with Crippen molar-refractivity contribution in [2.24, 2.45) is 11.3 Å². The smallest absolute Gasteiger partial charge is 0.178 e. The highest BCUT2D eigenvalue weighted by Crippen LogP contribution is 2.70. The van der Waals surface area contributed by atoms with Crippen LogP contribution in [0.5, 0.6) is 0 Å². The molecule has 0 heterocycles. The van der Waals surface area contributed by atoms with Gasteiger partial charge in [-0.2, -0.15) is 0 Å². The van der Waals surface area contributed by atoms with E-state index in [1.165, 1.54) is 0 Å². The second-order valence-corrected chi connectivity index (χ2v) is 7.75. The first-order chi connectivity index (χ1) is 13.6. The third kappa shape index (κ3) is 2.14. The van der Waals surface area contributed by atoms with E-state index in [9.17, 15) is 14.4 Å². The van der Waals surface area contributed by atoms with Gasteiger partial charge in [0.05, 0.1) is 5.92 Å². The monoisotopic (exact) mass is 386 g/mol. The fourth-order valence-corrected chi connectivity index (χ4v) is 4.77. The quantitative estimate of drug-likeness (QED) is 0.470.